The van der Waals surface area contributed by atoms with Crippen LogP contribution in [-0.2, 0) is 0 Å². The molecule has 5 aromatic carbocycles. The molecule has 0 fully saturated rings. The molecule has 5 rings (SSSR count). The summed E-state index contributed by atoms with van der Waals surface area (Å²) >= 11 is 0. The summed E-state index contributed by atoms with van der Waals surface area (Å²) in [5, 5.41) is 11.6. The molecule has 0 bridgehead atoms. The molecule has 3 heteroatoms. The molecule has 0 aliphatic carbocycles. The largest absolute Gasteiger partial charge is 0.310 e. The monoisotopic (exact) mass is 421 g/mol. The average molecular weight is 422 g/mol. The molecule has 154 valence electrons. The number of hydrogen-bond acceptors (Lipinski definition) is 2. The van der Waals surface area contributed by atoms with Gasteiger partial charge in [0.2, 0.25) is 0 Å². The summed E-state index contributed by atoms with van der Waals surface area (Å²) in [6.07, 6.45) is 0. The highest BCUT2D eigenvalue weighted by molar-refractivity contribution is 6.01. The minimum Gasteiger partial charge on any atom is -0.310 e. The van der Waals surface area contributed by atoms with E-state index in [1.54, 1.807) is 0 Å². The quantitative estimate of drug-likeness (QED) is 0.273. The molecule has 0 amide bonds. The number of para-hydroxylation sites is 1. The lowest BCUT2D eigenvalue weighted by atomic mass is 10.0. The zero-order valence-corrected chi connectivity index (χ0v) is 17.8. The van der Waals surface area contributed by atoms with Gasteiger partial charge < -0.3 is 4.90 Å². The SMILES string of the molecule is [C-]#[N+]c1ccc(-c2ccc(N(c3ccccc3)c3ccc(C#N)c4ccccc34)cc2)cc1. The van der Waals surface area contributed by atoms with Crippen molar-refractivity contribution in [3.8, 4) is 17.2 Å². The Morgan fingerprint density at radius 1 is 0.606 bits per heavy atom. The third-order valence-electron chi connectivity index (χ3n) is 5.73. The topological polar surface area (TPSA) is 31.4 Å². The second kappa shape index (κ2) is 8.71. The standard InChI is InChI=1S/C30H19N3/c1-32-25-16-11-22(12-17-25)23-13-18-27(19-14-23)33(26-7-3-2-4-8-26)30-20-15-24(21-31)28-9-5-6-10-29(28)30/h2-20H. The van der Waals surface area contributed by atoms with Crippen molar-refractivity contribution in [3.05, 3.63) is 132 Å². The Labute approximate surface area is 193 Å². The molecule has 0 radical (unpaired) electrons. The first kappa shape index (κ1) is 20.1. The molecular weight excluding hydrogens is 402 g/mol. The number of anilines is 3. The van der Waals surface area contributed by atoms with Crippen LogP contribution in [0.4, 0.5) is 22.7 Å². The van der Waals surface area contributed by atoms with Crippen molar-refractivity contribution in [3.63, 3.8) is 0 Å². The van der Waals surface area contributed by atoms with Crippen LogP contribution in [-0.4, -0.2) is 0 Å². The molecule has 0 spiro atoms. The molecule has 0 unspecified atom stereocenters. The first-order valence-electron chi connectivity index (χ1n) is 10.6. The minimum absolute atomic E-state index is 0.637. The Bertz CT molecular complexity index is 1500. The van der Waals surface area contributed by atoms with E-state index in [2.05, 4.69) is 58.3 Å². The normalized spacial score (nSPS) is 10.4. The van der Waals surface area contributed by atoms with Gasteiger partial charge in [0.05, 0.1) is 23.9 Å². The zero-order valence-electron chi connectivity index (χ0n) is 17.8. The maximum atomic E-state index is 9.59. The molecule has 3 nitrogen and oxygen atoms in total. The summed E-state index contributed by atoms with van der Waals surface area (Å²) in [4.78, 5) is 5.69. The van der Waals surface area contributed by atoms with Gasteiger partial charge in [-0.15, -0.1) is 0 Å². The molecule has 0 heterocycles. The van der Waals surface area contributed by atoms with Crippen molar-refractivity contribution in [2.45, 2.75) is 0 Å². The minimum atomic E-state index is 0.637. The predicted molar refractivity (Wildman–Crippen MR) is 135 cm³/mol. The Hall–Kier alpha value is -4.86. The third kappa shape index (κ3) is 3.81. The Balaban J connectivity index is 1.64. The van der Waals surface area contributed by atoms with Crippen LogP contribution in [0, 0.1) is 17.9 Å². The number of rotatable bonds is 4. The Morgan fingerprint density at radius 2 is 1.18 bits per heavy atom. The highest BCUT2D eigenvalue weighted by atomic mass is 15.1. The third-order valence-corrected chi connectivity index (χ3v) is 5.73. The fraction of sp³-hybridized carbons (Fsp3) is 0. The van der Waals surface area contributed by atoms with E-state index in [0.717, 1.165) is 39.0 Å². The lowest BCUT2D eigenvalue weighted by Crippen LogP contribution is -2.10. The van der Waals surface area contributed by atoms with Crippen LogP contribution in [0.5, 0.6) is 0 Å². The Morgan fingerprint density at radius 3 is 1.82 bits per heavy atom. The van der Waals surface area contributed by atoms with Gasteiger partial charge in [-0.05, 0) is 47.5 Å². The average Bonchev–Trinajstić information content (AvgIpc) is 2.90. The van der Waals surface area contributed by atoms with Crippen LogP contribution >= 0.6 is 0 Å². The molecule has 0 saturated heterocycles. The first-order chi connectivity index (χ1) is 16.3. The van der Waals surface area contributed by atoms with Crippen molar-refractivity contribution in [2.24, 2.45) is 0 Å². The van der Waals surface area contributed by atoms with E-state index >= 15 is 0 Å². The molecule has 0 saturated carbocycles. The van der Waals surface area contributed by atoms with E-state index < -0.39 is 0 Å². The van der Waals surface area contributed by atoms with Gasteiger partial charge in [-0.25, -0.2) is 4.85 Å². The van der Waals surface area contributed by atoms with Crippen LogP contribution in [0.3, 0.4) is 0 Å². The number of fused-ring (bicyclic) bond motifs is 1. The second-order valence-corrected chi connectivity index (χ2v) is 7.67. The van der Waals surface area contributed by atoms with Crippen LogP contribution in [0.15, 0.2) is 115 Å². The fourth-order valence-corrected chi connectivity index (χ4v) is 4.11. The predicted octanol–water partition coefficient (Wildman–Crippen LogP) is 8.40. The van der Waals surface area contributed by atoms with Crippen molar-refractivity contribution >= 4 is 33.5 Å². The van der Waals surface area contributed by atoms with Crippen molar-refractivity contribution in [1.29, 1.82) is 5.26 Å². The fourth-order valence-electron chi connectivity index (χ4n) is 4.11. The molecule has 0 atom stereocenters. The molecule has 0 aliphatic heterocycles. The molecule has 0 N–H and O–H groups in total. The lowest BCUT2D eigenvalue weighted by Gasteiger charge is -2.27. The number of nitrogens with zero attached hydrogens (tertiary/aromatic N) is 3. The highest BCUT2D eigenvalue weighted by Gasteiger charge is 2.16. The van der Waals surface area contributed by atoms with E-state index in [-0.39, 0.29) is 0 Å². The number of nitriles is 1. The smallest absolute Gasteiger partial charge is 0.187 e. The van der Waals surface area contributed by atoms with Crippen molar-refractivity contribution in [1.82, 2.24) is 0 Å². The van der Waals surface area contributed by atoms with Gasteiger partial charge in [-0.1, -0.05) is 78.9 Å². The van der Waals surface area contributed by atoms with Gasteiger partial charge in [0.15, 0.2) is 5.69 Å². The molecule has 33 heavy (non-hydrogen) atoms. The summed E-state index contributed by atoms with van der Waals surface area (Å²) in [6, 6.07) is 40.6. The molecule has 5 aromatic rings. The summed E-state index contributed by atoms with van der Waals surface area (Å²) in [5.41, 5.74) is 6.56. The molecular formula is C30H19N3. The van der Waals surface area contributed by atoms with E-state index in [1.165, 1.54) is 0 Å². The van der Waals surface area contributed by atoms with Gasteiger partial charge in [0.1, 0.15) is 0 Å². The van der Waals surface area contributed by atoms with Gasteiger partial charge in [-0.2, -0.15) is 5.26 Å². The number of benzene rings is 5. The highest BCUT2D eigenvalue weighted by Crippen LogP contribution is 2.40. The summed E-state index contributed by atoms with van der Waals surface area (Å²) < 4.78 is 0. The van der Waals surface area contributed by atoms with Crippen molar-refractivity contribution in [2.75, 3.05) is 4.90 Å². The van der Waals surface area contributed by atoms with Crippen LogP contribution in [0.1, 0.15) is 5.56 Å². The maximum absolute atomic E-state index is 9.59. The summed E-state index contributed by atoms with van der Waals surface area (Å²) in [7, 11) is 0. The van der Waals surface area contributed by atoms with Crippen LogP contribution in [0.25, 0.3) is 26.7 Å². The van der Waals surface area contributed by atoms with Gasteiger partial charge in [0, 0.05) is 22.1 Å². The van der Waals surface area contributed by atoms with E-state index in [1.807, 2.05) is 72.8 Å². The van der Waals surface area contributed by atoms with E-state index in [9.17, 15) is 5.26 Å². The van der Waals surface area contributed by atoms with Gasteiger partial charge >= 0.3 is 0 Å². The van der Waals surface area contributed by atoms with E-state index in [4.69, 9.17) is 6.57 Å². The summed E-state index contributed by atoms with van der Waals surface area (Å²) in [5.74, 6) is 0. The molecule has 0 aromatic heterocycles. The van der Waals surface area contributed by atoms with Gasteiger partial charge in [0.25, 0.3) is 0 Å². The first-order valence-corrected chi connectivity index (χ1v) is 10.6. The van der Waals surface area contributed by atoms with Crippen molar-refractivity contribution < 1.29 is 0 Å². The van der Waals surface area contributed by atoms with Crippen LogP contribution < -0.4 is 4.90 Å². The number of hydrogen-bond donors (Lipinski definition) is 0. The summed E-state index contributed by atoms with van der Waals surface area (Å²) in [6.45, 7) is 7.14. The lowest BCUT2D eigenvalue weighted by molar-refractivity contribution is 1.30. The Kier molecular flexibility index (Phi) is 5.30. The van der Waals surface area contributed by atoms with E-state index in [0.29, 0.717) is 11.3 Å². The zero-order chi connectivity index (χ0) is 22.6. The van der Waals surface area contributed by atoms with Crippen LogP contribution in [0.2, 0.25) is 0 Å². The second-order valence-electron chi connectivity index (χ2n) is 7.67. The van der Waals surface area contributed by atoms with Gasteiger partial charge in [-0.3, -0.25) is 0 Å². The molecule has 0 aliphatic rings. The maximum Gasteiger partial charge on any atom is 0.187 e.